The number of ether oxygens (including phenoxy) is 1. The number of aromatic nitrogens is 1. The second-order valence-corrected chi connectivity index (χ2v) is 4.21. The van der Waals surface area contributed by atoms with E-state index in [0.717, 1.165) is 0 Å². The van der Waals surface area contributed by atoms with Crippen molar-refractivity contribution in [2.45, 2.75) is 13.0 Å². The van der Waals surface area contributed by atoms with E-state index in [-0.39, 0.29) is 5.75 Å². The average molecular weight is 268 g/mol. The number of benzene rings is 1. The summed E-state index contributed by atoms with van der Waals surface area (Å²) >= 11 is 5.77. The van der Waals surface area contributed by atoms with Gasteiger partial charge in [-0.2, -0.15) is 0 Å². The Bertz CT molecular complexity index is 560. The maximum absolute atomic E-state index is 13.7. The van der Waals surface area contributed by atoms with Crippen LogP contribution in [0.25, 0.3) is 0 Å². The molecule has 5 heteroatoms. The van der Waals surface area contributed by atoms with Gasteiger partial charge in [0.1, 0.15) is 5.75 Å². The fraction of sp³-hybridized carbons (Fsp3) is 0.154. The zero-order valence-corrected chi connectivity index (χ0v) is 10.4. The number of hydrogen-bond acceptors (Lipinski definition) is 3. The molecule has 2 rings (SSSR count). The highest BCUT2D eigenvalue weighted by Crippen LogP contribution is 2.32. The van der Waals surface area contributed by atoms with Gasteiger partial charge in [0, 0.05) is 17.8 Å². The van der Waals surface area contributed by atoms with Crippen LogP contribution < -0.4 is 4.74 Å². The number of aliphatic hydroxyl groups is 1. The van der Waals surface area contributed by atoms with Crippen LogP contribution in [0.1, 0.15) is 18.6 Å². The fourth-order valence-corrected chi connectivity index (χ4v) is 1.69. The highest BCUT2D eigenvalue weighted by atomic mass is 35.5. The van der Waals surface area contributed by atoms with Gasteiger partial charge in [0.15, 0.2) is 11.6 Å². The van der Waals surface area contributed by atoms with Gasteiger partial charge < -0.3 is 9.84 Å². The molecule has 0 unspecified atom stereocenters. The first-order chi connectivity index (χ1) is 8.58. The minimum atomic E-state index is -0.831. The van der Waals surface area contributed by atoms with E-state index in [0.29, 0.717) is 16.3 Å². The molecule has 0 spiro atoms. The molecule has 3 nitrogen and oxygen atoms in total. The van der Waals surface area contributed by atoms with Crippen LogP contribution in [0, 0.1) is 5.82 Å². The molecule has 0 saturated heterocycles. The summed E-state index contributed by atoms with van der Waals surface area (Å²) < 4.78 is 19.1. The Morgan fingerprint density at radius 2 is 2.17 bits per heavy atom. The molecule has 0 fully saturated rings. The van der Waals surface area contributed by atoms with E-state index in [1.165, 1.54) is 37.5 Å². The van der Waals surface area contributed by atoms with Crippen LogP contribution in [0.4, 0.5) is 4.39 Å². The van der Waals surface area contributed by atoms with Gasteiger partial charge in [-0.05, 0) is 13.0 Å². The van der Waals surface area contributed by atoms with Gasteiger partial charge in [0.25, 0.3) is 0 Å². The molecule has 0 amide bonds. The average Bonchev–Trinajstić information content (AvgIpc) is 2.31. The van der Waals surface area contributed by atoms with Crippen molar-refractivity contribution in [1.29, 1.82) is 0 Å². The Hall–Kier alpha value is -1.65. The van der Waals surface area contributed by atoms with Crippen LogP contribution in [-0.2, 0) is 0 Å². The van der Waals surface area contributed by atoms with Crippen molar-refractivity contribution in [2.24, 2.45) is 0 Å². The molecule has 0 saturated carbocycles. The predicted octanol–water partition coefficient (Wildman–Crippen LogP) is 3.72. The number of rotatable bonds is 3. The van der Waals surface area contributed by atoms with Gasteiger partial charge in [-0.1, -0.05) is 23.7 Å². The van der Waals surface area contributed by atoms with Gasteiger partial charge in [0.2, 0.25) is 0 Å². The molecule has 2 aromatic rings. The van der Waals surface area contributed by atoms with Crippen molar-refractivity contribution in [3.8, 4) is 11.5 Å². The number of hydrogen-bond donors (Lipinski definition) is 1. The van der Waals surface area contributed by atoms with Gasteiger partial charge in [-0.3, -0.25) is 4.98 Å². The molecule has 18 heavy (non-hydrogen) atoms. The predicted molar refractivity (Wildman–Crippen MR) is 66.4 cm³/mol. The van der Waals surface area contributed by atoms with Gasteiger partial charge in [-0.25, -0.2) is 4.39 Å². The molecule has 1 heterocycles. The summed E-state index contributed by atoms with van der Waals surface area (Å²) in [6.45, 7) is 1.54. The molecule has 0 aliphatic heterocycles. The second-order valence-electron chi connectivity index (χ2n) is 3.78. The quantitative estimate of drug-likeness (QED) is 0.922. The highest BCUT2D eigenvalue weighted by molar-refractivity contribution is 6.30. The van der Waals surface area contributed by atoms with Crippen molar-refractivity contribution in [1.82, 2.24) is 4.98 Å². The Kier molecular flexibility index (Phi) is 3.79. The Balaban J connectivity index is 2.39. The van der Waals surface area contributed by atoms with Crippen molar-refractivity contribution < 1.29 is 14.2 Å². The van der Waals surface area contributed by atoms with Crippen LogP contribution >= 0.6 is 11.6 Å². The number of nitrogens with zero attached hydrogens (tertiary/aromatic N) is 1. The monoisotopic (exact) mass is 267 g/mol. The first-order valence-electron chi connectivity index (χ1n) is 5.33. The summed E-state index contributed by atoms with van der Waals surface area (Å²) in [5, 5.41) is 9.96. The Morgan fingerprint density at radius 1 is 1.39 bits per heavy atom. The molecule has 1 aromatic carbocycles. The summed E-state index contributed by atoms with van der Waals surface area (Å²) in [5.41, 5.74) is 0.370. The van der Waals surface area contributed by atoms with Crippen molar-refractivity contribution >= 4 is 11.6 Å². The minimum absolute atomic E-state index is 0.0171. The van der Waals surface area contributed by atoms with E-state index in [9.17, 15) is 9.50 Å². The van der Waals surface area contributed by atoms with Crippen LogP contribution in [0.15, 0.2) is 36.7 Å². The zero-order chi connectivity index (χ0) is 13.1. The number of para-hydroxylation sites is 1. The third kappa shape index (κ3) is 2.78. The van der Waals surface area contributed by atoms with E-state index < -0.39 is 11.9 Å². The number of pyridine rings is 1. The van der Waals surface area contributed by atoms with Gasteiger partial charge >= 0.3 is 0 Å². The maximum Gasteiger partial charge on any atom is 0.168 e. The lowest BCUT2D eigenvalue weighted by Gasteiger charge is -2.13. The maximum atomic E-state index is 13.7. The fourth-order valence-electron chi connectivity index (χ4n) is 1.53. The van der Waals surface area contributed by atoms with Crippen LogP contribution in [-0.4, -0.2) is 10.1 Å². The first kappa shape index (κ1) is 12.8. The normalized spacial score (nSPS) is 12.2. The van der Waals surface area contributed by atoms with E-state index in [1.54, 1.807) is 6.07 Å². The molecule has 0 radical (unpaired) electrons. The summed E-state index contributed by atoms with van der Waals surface area (Å²) in [7, 11) is 0. The molecular formula is C13H11ClFNO2. The molecule has 1 N–H and O–H groups in total. The summed E-state index contributed by atoms with van der Waals surface area (Å²) in [5.74, 6) is -0.251. The first-order valence-corrected chi connectivity index (χ1v) is 5.70. The molecule has 0 bridgehead atoms. The lowest BCUT2D eigenvalue weighted by molar-refractivity contribution is 0.194. The largest absolute Gasteiger partial charge is 0.452 e. The third-order valence-corrected chi connectivity index (χ3v) is 2.55. The van der Waals surface area contributed by atoms with Crippen molar-refractivity contribution in [3.05, 3.63) is 53.1 Å². The second kappa shape index (κ2) is 5.33. The van der Waals surface area contributed by atoms with Crippen molar-refractivity contribution in [2.75, 3.05) is 0 Å². The van der Waals surface area contributed by atoms with Crippen LogP contribution in [0.2, 0.25) is 5.02 Å². The SMILES string of the molecule is C[C@@H](O)c1cccc(F)c1Oc1cncc(Cl)c1. The zero-order valence-electron chi connectivity index (χ0n) is 9.60. The molecule has 0 aliphatic carbocycles. The molecule has 1 aromatic heterocycles. The van der Waals surface area contributed by atoms with E-state index in [1.807, 2.05) is 0 Å². The van der Waals surface area contributed by atoms with Crippen LogP contribution in [0.5, 0.6) is 11.5 Å². The molecular weight excluding hydrogens is 257 g/mol. The number of aliphatic hydroxyl groups excluding tert-OH is 1. The summed E-state index contributed by atoms with van der Waals surface area (Å²) in [6.07, 6.45) is 2.04. The van der Waals surface area contributed by atoms with Crippen LogP contribution in [0.3, 0.4) is 0 Å². The highest BCUT2D eigenvalue weighted by Gasteiger charge is 2.14. The molecule has 94 valence electrons. The van der Waals surface area contributed by atoms with Crippen molar-refractivity contribution in [3.63, 3.8) is 0 Å². The van der Waals surface area contributed by atoms with Gasteiger partial charge in [-0.15, -0.1) is 0 Å². The topological polar surface area (TPSA) is 42.4 Å². The molecule has 1 atom stereocenters. The standard InChI is InChI=1S/C13H11ClFNO2/c1-8(17)11-3-2-4-12(15)13(11)18-10-5-9(14)6-16-7-10/h2-8,17H,1H3/t8-/m1/s1. The van der Waals surface area contributed by atoms with Gasteiger partial charge in [0.05, 0.1) is 17.3 Å². The lowest BCUT2D eigenvalue weighted by atomic mass is 10.1. The van der Waals surface area contributed by atoms with E-state index >= 15 is 0 Å². The molecule has 0 aliphatic rings. The summed E-state index contributed by atoms with van der Waals surface area (Å²) in [6, 6.07) is 5.90. The number of halogens is 2. The Morgan fingerprint density at radius 3 is 2.83 bits per heavy atom. The van der Waals surface area contributed by atoms with E-state index in [2.05, 4.69) is 4.98 Å². The minimum Gasteiger partial charge on any atom is -0.452 e. The van der Waals surface area contributed by atoms with E-state index in [4.69, 9.17) is 16.3 Å². The summed E-state index contributed by atoms with van der Waals surface area (Å²) in [4.78, 5) is 3.84. The Labute approximate surface area is 109 Å². The smallest absolute Gasteiger partial charge is 0.168 e. The third-order valence-electron chi connectivity index (χ3n) is 2.35. The lowest BCUT2D eigenvalue weighted by Crippen LogP contribution is -1.98.